The second kappa shape index (κ2) is 3.55. The van der Waals surface area contributed by atoms with Crippen LogP contribution >= 0.6 is 0 Å². The lowest BCUT2D eigenvalue weighted by atomic mass is 10.00. The van der Waals surface area contributed by atoms with E-state index < -0.39 is 10.0 Å². The van der Waals surface area contributed by atoms with Crippen LogP contribution < -0.4 is 0 Å². The minimum atomic E-state index is -3.79. The smallest absolute Gasteiger partial charge is 0.300 e. The molecule has 3 aromatic carbocycles. The van der Waals surface area contributed by atoms with Crippen molar-refractivity contribution in [2.45, 2.75) is 4.90 Å². The zero-order valence-electron chi connectivity index (χ0n) is 10.1. The van der Waals surface area contributed by atoms with Gasteiger partial charge in [0.25, 0.3) is 10.0 Å². The summed E-state index contributed by atoms with van der Waals surface area (Å²) in [7, 11) is -3.79. The summed E-state index contributed by atoms with van der Waals surface area (Å²) in [6.45, 7) is 0. The number of fused-ring (bicyclic) bond motifs is 2. The van der Waals surface area contributed by atoms with E-state index in [-0.39, 0.29) is 10.6 Å². The van der Waals surface area contributed by atoms with Crippen LogP contribution in [0.2, 0.25) is 0 Å². The fourth-order valence-electron chi connectivity index (χ4n) is 2.61. The maximum absolute atomic E-state index is 12.0. The molecule has 0 atom stereocenters. The lowest BCUT2D eigenvalue weighted by Gasteiger charge is -2.15. The lowest BCUT2D eigenvalue weighted by Crippen LogP contribution is -2.01. The zero-order chi connectivity index (χ0) is 13.9. The minimum absolute atomic E-state index is 0.0634. The summed E-state index contributed by atoms with van der Waals surface area (Å²) < 4.78 is 27.4. The fourth-order valence-corrected chi connectivity index (χ4v) is 3.60. The largest absolute Gasteiger partial charge is 0.507 e. The molecular weight excluding hydrogens is 276 g/mol. The van der Waals surface area contributed by atoms with Gasteiger partial charge in [0.15, 0.2) is 0 Å². The molecule has 0 bridgehead atoms. The lowest BCUT2D eigenvalue weighted by molar-refractivity contribution is 0.487. The van der Waals surface area contributed by atoms with Crippen molar-refractivity contribution in [3.8, 4) is 5.75 Å². The second-order valence-electron chi connectivity index (χ2n) is 4.58. The van der Waals surface area contributed by atoms with Crippen LogP contribution in [0.25, 0.3) is 21.5 Å². The number of benzene rings is 3. The molecule has 1 heterocycles. The van der Waals surface area contributed by atoms with Crippen LogP contribution in [0.4, 0.5) is 5.69 Å². The molecule has 0 aromatic heterocycles. The SMILES string of the molecule is O=S1(=O)N=Nc2c3ccccc3c(O)c3cccc1c23. The van der Waals surface area contributed by atoms with Crippen molar-refractivity contribution in [2.75, 3.05) is 0 Å². The third-order valence-corrected chi connectivity index (χ3v) is 4.67. The van der Waals surface area contributed by atoms with Gasteiger partial charge in [0.1, 0.15) is 16.3 Å². The maximum Gasteiger partial charge on any atom is 0.300 e. The standard InChI is InChI=1S/C14H8N2O3S/c17-14-9-5-2-1-4-8(9)13-12-10(14)6-3-7-11(12)20(18,19)16-15-13/h1-7,17H. The summed E-state index contributed by atoms with van der Waals surface area (Å²) >= 11 is 0. The Morgan fingerprint density at radius 3 is 2.40 bits per heavy atom. The van der Waals surface area contributed by atoms with E-state index in [0.717, 1.165) is 0 Å². The second-order valence-corrected chi connectivity index (χ2v) is 6.13. The highest BCUT2D eigenvalue weighted by molar-refractivity contribution is 7.90. The summed E-state index contributed by atoms with van der Waals surface area (Å²) in [4.78, 5) is 0.0843. The van der Waals surface area contributed by atoms with Crippen molar-refractivity contribution in [3.05, 3.63) is 42.5 Å². The minimum Gasteiger partial charge on any atom is -0.507 e. The Bertz CT molecular complexity index is 1020. The third-order valence-electron chi connectivity index (χ3n) is 3.48. The molecular formula is C14H8N2O3S. The van der Waals surface area contributed by atoms with E-state index in [4.69, 9.17) is 0 Å². The molecule has 0 saturated heterocycles. The topological polar surface area (TPSA) is 79.1 Å². The zero-order valence-corrected chi connectivity index (χ0v) is 10.9. The first kappa shape index (κ1) is 11.4. The summed E-state index contributed by atoms with van der Waals surface area (Å²) in [6.07, 6.45) is 0. The van der Waals surface area contributed by atoms with Crippen molar-refractivity contribution in [2.24, 2.45) is 9.63 Å². The van der Waals surface area contributed by atoms with E-state index in [1.165, 1.54) is 6.07 Å². The molecule has 0 radical (unpaired) electrons. The summed E-state index contributed by atoms with van der Waals surface area (Å²) in [5, 5.41) is 16.5. The van der Waals surface area contributed by atoms with Crippen LogP contribution in [-0.4, -0.2) is 13.5 Å². The molecule has 1 aliphatic heterocycles. The van der Waals surface area contributed by atoms with Crippen molar-refractivity contribution in [1.82, 2.24) is 0 Å². The molecule has 0 fully saturated rings. The number of aromatic hydroxyl groups is 1. The van der Waals surface area contributed by atoms with E-state index in [0.29, 0.717) is 27.2 Å². The predicted molar refractivity (Wildman–Crippen MR) is 74.8 cm³/mol. The Labute approximate surface area is 114 Å². The molecule has 6 heteroatoms. The molecule has 4 rings (SSSR count). The molecule has 3 aromatic rings. The van der Waals surface area contributed by atoms with Crippen LogP contribution in [0.15, 0.2) is 57.0 Å². The van der Waals surface area contributed by atoms with Gasteiger partial charge in [-0.2, -0.15) is 8.42 Å². The normalized spacial score (nSPS) is 15.8. The number of rotatable bonds is 0. The summed E-state index contributed by atoms with van der Waals surface area (Å²) in [5.41, 5.74) is 0.485. The van der Waals surface area contributed by atoms with Gasteiger partial charge >= 0.3 is 0 Å². The molecule has 0 amide bonds. The molecule has 20 heavy (non-hydrogen) atoms. The molecule has 0 saturated carbocycles. The Kier molecular flexibility index (Phi) is 2.01. The molecule has 0 unspecified atom stereocenters. The van der Waals surface area contributed by atoms with E-state index in [2.05, 4.69) is 9.63 Å². The first-order valence-electron chi connectivity index (χ1n) is 5.94. The van der Waals surface area contributed by atoms with Gasteiger partial charge in [0.2, 0.25) is 0 Å². The fraction of sp³-hybridized carbons (Fsp3) is 0. The molecule has 5 nitrogen and oxygen atoms in total. The summed E-state index contributed by atoms with van der Waals surface area (Å²) in [6, 6.07) is 11.9. The van der Waals surface area contributed by atoms with E-state index >= 15 is 0 Å². The van der Waals surface area contributed by atoms with Gasteiger partial charge in [-0.05, 0) is 6.07 Å². The maximum atomic E-state index is 12.0. The average molecular weight is 284 g/mol. The average Bonchev–Trinajstić information content (AvgIpc) is 2.46. The number of sulfonamides is 1. The van der Waals surface area contributed by atoms with Crippen LogP contribution in [0.3, 0.4) is 0 Å². The van der Waals surface area contributed by atoms with E-state index in [9.17, 15) is 13.5 Å². The monoisotopic (exact) mass is 284 g/mol. The van der Waals surface area contributed by atoms with Gasteiger partial charge in [-0.1, -0.05) is 40.9 Å². The number of phenolic OH excluding ortho intramolecular Hbond substituents is 1. The first-order chi connectivity index (χ1) is 9.59. The third kappa shape index (κ3) is 1.28. The van der Waals surface area contributed by atoms with Crippen LogP contribution in [-0.2, 0) is 10.0 Å². The summed E-state index contributed by atoms with van der Waals surface area (Å²) in [5.74, 6) is 0.0634. The van der Waals surface area contributed by atoms with Gasteiger partial charge in [0.05, 0.1) is 0 Å². The molecule has 1 aliphatic rings. The Morgan fingerprint density at radius 1 is 0.900 bits per heavy atom. The van der Waals surface area contributed by atoms with Gasteiger partial charge in [0, 0.05) is 21.5 Å². The van der Waals surface area contributed by atoms with Crippen LogP contribution in [0.5, 0.6) is 5.75 Å². The number of phenols is 1. The number of hydrogen-bond donors (Lipinski definition) is 1. The molecule has 0 aliphatic carbocycles. The van der Waals surface area contributed by atoms with Gasteiger partial charge in [-0.15, -0.1) is 5.11 Å². The van der Waals surface area contributed by atoms with E-state index in [1.807, 2.05) is 6.07 Å². The first-order valence-corrected chi connectivity index (χ1v) is 7.38. The molecule has 0 spiro atoms. The Hall–Kier alpha value is -2.47. The van der Waals surface area contributed by atoms with Gasteiger partial charge in [-0.25, -0.2) is 0 Å². The van der Waals surface area contributed by atoms with Gasteiger partial charge in [-0.3, -0.25) is 0 Å². The van der Waals surface area contributed by atoms with Crippen molar-refractivity contribution in [3.63, 3.8) is 0 Å². The molecule has 1 N–H and O–H groups in total. The number of nitrogens with zero attached hydrogens (tertiary/aromatic N) is 2. The highest BCUT2D eigenvalue weighted by Gasteiger charge is 2.26. The van der Waals surface area contributed by atoms with Crippen LogP contribution in [0, 0.1) is 0 Å². The van der Waals surface area contributed by atoms with Crippen LogP contribution in [0.1, 0.15) is 0 Å². The Morgan fingerprint density at radius 2 is 1.60 bits per heavy atom. The van der Waals surface area contributed by atoms with Crippen molar-refractivity contribution < 1.29 is 13.5 Å². The predicted octanol–water partition coefficient (Wildman–Crippen LogP) is 3.48. The highest BCUT2D eigenvalue weighted by Crippen LogP contribution is 2.46. The quantitative estimate of drug-likeness (QED) is 0.642. The van der Waals surface area contributed by atoms with Gasteiger partial charge < -0.3 is 5.11 Å². The number of hydrogen-bond acceptors (Lipinski definition) is 4. The van der Waals surface area contributed by atoms with Crippen molar-refractivity contribution in [1.29, 1.82) is 0 Å². The highest BCUT2D eigenvalue weighted by atomic mass is 32.2. The Balaban J connectivity index is 2.41. The van der Waals surface area contributed by atoms with E-state index in [1.54, 1.807) is 30.3 Å². The van der Waals surface area contributed by atoms with Crippen molar-refractivity contribution >= 4 is 37.3 Å². The molecule has 98 valence electrons.